The average molecular weight is 262 g/mol. The fourth-order valence-corrected chi connectivity index (χ4v) is 2.60. The molecule has 1 aromatic carbocycles. The minimum Gasteiger partial charge on any atom is -0.379 e. The van der Waals surface area contributed by atoms with E-state index >= 15 is 0 Å². The van der Waals surface area contributed by atoms with Gasteiger partial charge in [-0.05, 0) is 32.8 Å². The number of nitrogens with zero attached hydrogens (tertiary/aromatic N) is 1. The van der Waals surface area contributed by atoms with E-state index in [-0.39, 0.29) is 11.6 Å². The van der Waals surface area contributed by atoms with Gasteiger partial charge in [0, 0.05) is 24.7 Å². The van der Waals surface area contributed by atoms with Gasteiger partial charge in [0.2, 0.25) is 0 Å². The van der Waals surface area contributed by atoms with Crippen LogP contribution in [0.3, 0.4) is 0 Å². The molecule has 1 aliphatic heterocycles. The molecule has 1 atom stereocenters. The van der Waals surface area contributed by atoms with E-state index in [1.165, 1.54) is 11.1 Å². The van der Waals surface area contributed by atoms with Crippen LogP contribution in [0.4, 0.5) is 0 Å². The van der Waals surface area contributed by atoms with Gasteiger partial charge in [0.1, 0.15) is 0 Å². The van der Waals surface area contributed by atoms with Crippen molar-refractivity contribution in [3.63, 3.8) is 0 Å². The fourth-order valence-electron chi connectivity index (χ4n) is 2.60. The van der Waals surface area contributed by atoms with Crippen molar-refractivity contribution < 1.29 is 4.74 Å². The monoisotopic (exact) mass is 262 g/mol. The van der Waals surface area contributed by atoms with Crippen molar-refractivity contribution in [1.82, 2.24) is 4.90 Å². The zero-order valence-electron chi connectivity index (χ0n) is 12.4. The van der Waals surface area contributed by atoms with Crippen LogP contribution in [0.25, 0.3) is 0 Å². The van der Waals surface area contributed by atoms with Crippen LogP contribution in [-0.4, -0.2) is 42.8 Å². The molecule has 0 amide bonds. The van der Waals surface area contributed by atoms with Crippen LogP contribution in [0.1, 0.15) is 25.0 Å². The van der Waals surface area contributed by atoms with Gasteiger partial charge in [0.15, 0.2) is 0 Å². The van der Waals surface area contributed by atoms with E-state index in [2.05, 4.69) is 49.9 Å². The highest BCUT2D eigenvalue weighted by atomic mass is 16.5. The predicted octanol–water partition coefficient (Wildman–Crippen LogP) is 1.98. The predicted molar refractivity (Wildman–Crippen MR) is 79.3 cm³/mol. The van der Waals surface area contributed by atoms with Crippen LogP contribution in [-0.2, 0) is 11.2 Å². The van der Waals surface area contributed by atoms with E-state index < -0.39 is 0 Å². The quantitative estimate of drug-likeness (QED) is 0.901. The lowest BCUT2D eigenvalue weighted by Crippen LogP contribution is -2.59. The van der Waals surface area contributed by atoms with Gasteiger partial charge in [-0.2, -0.15) is 0 Å². The molecule has 3 heteroatoms. The molecule has 2 N–H and O–H groups in total. The molecule has 106 valence electrons. The minimum absolute atomic E-state index is 0.00860. The summed E-state index contributed by atoms with van der Waals surface area (Å²) in [5, 5.41) is 0. The molecule has 0 aromatic heterocycles. The second-order valence-electron chi connectivity index (χ2n) is 6.05. The van der Waals surface area contributed by atoms with Crippen LogP contribution in [0.2, 0.25) is 0 Å². The van der Waals surface area contributed by atoms with Crippen LogP contribution < -0.4 is 5.73 Å². The molecule has 0 aliphatic carbocycles. The second-order valence-corrected chi connectivity index (χ2v) is 6.05. The van der Waals surface area contributed by atoms with Gasteiger partial charge in [-0.1, -0.05) is 29.8 Å². The minimum atomic E-state index is 0.00860. The molecule has 1 aliphatic rings. The van der Waals surface area contributed by atoms with E-state index in [9.17, 15) is 0 Å². The Kier molecular flexibility index (Phi) is 4.61. The maximum atomic E-state index is 6.47. The number of ether oxygens (including phenoxy) is 1. The summed E-state index contributed by atoms with van der Waals surface area (Å²) in [6.45, 7) is 10.2. The van der Waals surface area contributed by atoms with Gasteiger partial charge in [0.25, 0.3) is 0 Å². The van der Waals surface area contributed by atoms with E-state index in [4.69, 9.17) is 10.5 Å². The second kappa shape index (κ2) is 6.04. The number of hydrogen-bond donors (Lipinski definition) is 1. The smallest absolute Gasteiger partial charge is 0.0594 e. The number of aryl methyl sites for hydroxylation is 1. The van der Waals surface area contributed by atoms with Crippen LogP contribution in [0.5, 0.6) is 0 Å². The van der Waals surface area contributed by atoms with Crippen molar-refractivity contribution in [3.8, 4) is 0 Å². The lowest BCUT2D eigenvalue weighted by atomic mass is 9.87. The molecule has 1 saturated heterocycles. The summed E-state index contributed by atoms with van der Waals surface area (Å²) in [5.41, 5.74) is 9.09. The van der Waals surface area contributed by atoms with Gasteiger partial charge in [0.05, 0.1) is 13.2 Å². The van der Waals surface area contributed by atoms with E-state index in [0.29, 0.717) is 0 Å². The van der Waals surface area contributed by atoms with Crippen molar-refractivity contribution in [2.45, 2.75) is 38.8 Å². The van der Waals surface area contributed by atoms with Gasteiger partial charge in [-0.25, -0.2) is 0 Å². The number of hydrogen-bond acceptors (Lipinski definition) is 3. The Morgan fingerprint density at radius 3 is 2.37 bits per heavy atom. The van der Waals surface area contributed by atoms with E-state index in [0.717, 1.165) is 32.7 Å². The molecule has 1 aromatic rings. The molecular formula is C16H26N2O. The largest absolute Gasteiger partial charge is 0.379 e. The summed E-state index contributed by atoms with van der Waals surface area (Å²) < 4.78 is 5.42. The molecule has 1 heterocycles. The number of nitrogens with two attached hydrogens (primary N) is 1. The molecule has 0 bridgehead atoms. The third kappa shape index (κ3) is 3.56. The van der Waals surface area contributed by atoms with Crippen molar-refractivity contribution in [3.05, 3.63) is 35.4 Å². The summed E-state index contributed by atoms with van der Waals surface area (Å²) in [4.78, 5) is 2.45. The Morgan fingerprint density at radius 2 is 1.79 bits per heavy atom. The zero-order valence-corrected chi connectivity index (χ0v) is 12.4. The Bertz CT molecular complexity index is 394. The van der Waals surface area contributed by atoms with Gasteiger partial charge < -0.3 is 10.5 Å². The topological polar surface area (TPSA) is 38.5 Å². The van der Waals surface area contributed by atoms with Crippen molar-refractivity contribution in [1.29, 1.82) is 0 Å². The molecule has 0 spiro atoms. The number of morpholine rings is 1. The lowest BCUT2D eigenvalue weighted by Gasteiger charge is -2.44. The molecule has 1 fully saturated rings. The zero-order chi connectivity index (χ0) is 13.9. The molecule has 1 unspecified atom stereocenters. The molecule has 19 heavy (non-hydrogen) atoms. The highest BCUT2D eigenvalue weighted by molar-refractivity contribution is 5.22. The summed E-state index contributed by atoms with van der Waals surface area (Å²) in [7, 11) is 0. The standard InChI is InChI=1S/C16H26N2O/c1-13-4-6-14(7-5-13)12-15(17)16(2,3)18-8-10-19-11-9-18/h4-7,15H,8-12,17H2,1-3H3. The normalized spacial score (nSPS) is 19.4. The number of benzene rings is 1. The number of rotatable bonds is 4. The first-order valence-electron chi connectivity index (χ1n) is 7.14. The fraction of sp³-hybridized carbons (Fsp3) is 0.625. The van der Waals surface area contributed by atoms with Gasteiger partial charge in [-0.3, -0.25) is 4.90 Å². The summed E-state index contributed by atoms with van der Waals surface area (Å²) >= 11 is 0. The van der Waals surface area contributed by atoms with Gasteiger partial charge >= 0.3 is 0 Å². The van der Waals surface area contributed by atoms with Crippen LogP contribution >= 0.6 is 0 Å². The molecule has 0 saturated carbocycles. The SMILES string of the molecule is Cc1ccc(CC(N)C(C)(C)N2CCOCC2)cc1. The highest BCUT2D eigenvalue weighted by Crippen LogP contribution is 2.22. The Morgan fingerprint density at radius 1 is 1.21 bits per heavy atom. The maximum Gasteiger partial charge on any atom is 0.0594 e. The summed E-state index contributed by atoms with van der Waals surface area (Å²) in [6.07, 6.45) is 0.921. The Hall–Kier alpha value is -0.900. The first-order valence-corrected chi connectivity index (χ1v) is 7.14. The van der Waals surface area contributed by atoms with Crippen molar-refractivity contribution in [2.75, 3.05) is 26.3 Å². The Labute approximate surface area is 116 Å². The average Bonchev–Trinajstić information content (AvgIpc) is 2.42. The third-order valence-corrected chi connectivity index (χ3v) is 4.31. The third-order valence-electron chi connectivity index (χ3n) is 4.31. The van der Waals surface area contributed by atoms with Crippen LogP contribution in [0.15, 0.2) is 24.3 Å². The van der Waals surface area contributed by atoms with Gasteiger partial charge in [-0.15, -0.1) is 0 Å². The van der Waals surface area contributed by atoms with E-state index in [1.54, 1.807) is 0 Å². The van der Waals surface area contributed by atoms with Crippen molar-refractivity contribution >= 4 is 0 Å². The molecular weight excluding hydrogens is 236 g/mol. The Balaban J connectivity index is 2.00. The van der Waals surface area contributed by atoms with Crippen LogP contribution in [0, 0.1) is 6.92 Å². The van der Waals surface area contributed by atoms with E-state index in [1.807, 2.05) is 0 Å². The molecule has 0 radical (unpaired) electrons. The molecule has 3 nitrogen and oxygen atoms in total. The van der Waals surface area contributed by atoms with Crippen molar-refractivity contribution in [2.24, 2.45) is 5.73 Å². The lowest BCUT2D eigenvalue weighted by molar-refractivity contribution is -0.0186. The summed E-state index contributed by atoms with van der Waals surface area (Å²) in [6, 6.07) is 8.82. The highest BCUT2D eigenvalue weighted by Gasteiger charge is 2.33. The summed E-state index contributed by atoms with van der Waals surface area (Å²) in [5.74, 6) is 0. The molecule has 2 rings (SSSR count). The maximum absolute atomic E-state index is 6.47. The first kappa shape index (κ1) is 14.5. The first-order chi connectivity index (χ1) is 9.00.